The molecule has 0 atom stereocenters. The van der Waals surface area contributed by atoms with Gasteiger partial charge >= 0.3 is 5.97 Å². The van der Waals surface area contributed by atoms with Crippen molar-refractivity contribution in [1.82, 2.24) is 5.32 Å². The summed E-state index contributed by atoms with van der Waals surface area (Å²) in [6.07, 6.45) is 0. The fourth-order valence-corrected chi connectivity index (χ4v) is 1.73. The van der Waals surface area contributed by atoms with Gasteiger partial charge in [0.2, 0.25) is 0 Å². The Hall–Kier alpha value is -1.55. The Balaban J connectivity index is 2.52. The second kappa shape index (κ2) is 6.91. The molecule has 94 valence electrons. The van der Waals surface area contributed by atoms with E-state index in [0.29, 0.717) is 6.54 Å². The molecule has 17 heavy (non-hydrogen) atoms. The van der Waals surface area contributed by atoms with Crippen molar-refractivity contribution in [2.45, 2.75) is 20.4 Å². The first-order valence-electron chi connectivity index (χ1n) is 5.93. The van der Waals surface area contributed by atoms with Gasteiger partial charge in [0.05, 0.1) is 6.54 Å². The molecule has 0 saturated heterocycles. The quantitative estimate of drug-likeness (QED) is 0.756. The third-order valence-corrected chi connectivity index (χ3v) is 2.67. The number of anilines is 1. The van der Waals surface area contributed by atoms with Crippen LogP contribution in [0.5, 0.6) is 0 Å². The molecule has 0 saturated carbocycles. The summed E-state index contributed by atoms with van der Waals surface area (Å²) in [4.78, 5) is 12.6. The average molecular weight is 236 g/mol. The van der Waals surface area contributed by atoms with Crippen LogP contribution in [0.3, 0.4) is 0 Å². The van der Waals surface area contributed by atoms with E-state index in [2.05, 4.69) is 36.2 Å². The minimum absolute atomic E-state index is 0.00219. The van der Waals surface area contributed by atoms with E-state index in [1.807, 2.05) is 12.1 Å². The van der Waals surface area contributed by atoms with Gasteiger partial charge in [0.15, 0.2) is 0 Å². The lowest BCUT2D eigenvalue weighted by molar-refractivity contribution is -0.135. The molecule has 0 aliphatic rings. The molecule has 4 nitrogen and oxygen atoms in total. The van der Waals surface area contributed by atoms with Crippen LogP contribution in [0, 0.1) is 0 Å². The number of carbonyl (C=O) groups is 1. The third kappa shape index (κ3) is 4.44. The highest BCUT2D eigenvalue weighted by Crippen LogP contribution is 2.14. The molecule has 1 aromatic carbocycles. The maximum atomic E-state index is 10.3. The Labute approximate surface area is 102 Å². The van der Waals surface area contributed by atoms with Crippen LogP contribution in [0.2, 0.25) is 0 Å². The van der Waals surface area contributed by atoms with Gasteiger partial charge in [-0.15, -0.1) is 0 Å². The SMILES string of the molecule is CCN(CC)c1ccc(CNCC(=O)O)cc1. The second-order valence-electron chi connectivity index (χ2n) is 3.84. The molecule has 2 N–H and O–H groups in total. The van der Waals surface area contributed by atoms with Gasteiger partial charge in [-0.2, -0.15) is 0 Å². The minimum Gasteiger partial charge on any atom is -0.480 e. The predicted octanol–water partition coefficient (Wildman–Crippen LogP) is 1.71. The largest absolute Gasteiger partial charge is 0.480 e. The molecule has 0 spiro atoms. The number of nitrogens with zero attached hydrogens (tertiary/aromatic N) is 1. The maximum Gasteiger partial charge on any atom is 0.317 e. The van der Waals surface area contributed by atoms with Crippen LogP contribution in [0.4, 0.5) is 5.69 Å². The molecule has 0 unspecified atom stereocenters. The smallest absolute Gasteiger partial charge is 0.317 e. The monoisotopic (exact) mass is 236 g/mol. The standard InChI is InChI=1S/C13H20N2O2/c1-3-15(4-2)12-7-5-11(6-8-12)9-14-10-13(16)17/h5-8,14H,3-4,9-10H2,1-2H3,(H,16,17). The van der Waals surface area contributed by atoms with Crippen LogP contribution in [0.15, 0.2) is 24.3 Å². The fraction of sp³-hybridized carbons (Fsp3) is 0.462. The van der Waals surface area contributed by atoms with Crippen LogP contribution < -0.4 is 10.2 Å². The van der Waals surface area contributed by atoms with E-state index in [1.54, 1.807) is 0 Å². The average Bonchev–Trinajstić information content (AvgIpc) is 2.32. The van der Waals surface area contributed by atoms with Crippen LogP contribution in [0.1, 0.15) is 19.4 Å². The molecule has 0 bridgehead atoms. The first-order valence-corrected chi connectivity index (χ1v) is 5.93. The maximum absolute atomic E-state index is 10.3. The number of aliphatic carboxylic acids is 1. The Morgan fingerprint density at radius 2 is 1.82 bits per heavy atom. The molecule has 0 aliphatic heterocycles. The summed E-state index contributed by atoms with van der Waals surface area (Å²) in [6.45, 7) is 6.83. The van der Waals surface area contributed by atoms with Crippen LogP contribution in [0.25, 0.3) is 0 Å². The summed E-state index contributed by atoms with van der Waals surface area (Å²) in [6, 6.07) is 8.21. The van der Waals surface area contributed by atoms with Gasteiger partial charge in [0, 0.05) is 25.3 Å². The van der Waals surface area contributed by atoms with Crippen molar-refractivity contribution >= 4 is 11.7 Å². The minimum atomic E-state index is -0.829. The van der Waals surface area contributed by atoms with Crippen molar-refractivity contribution in [3.63, 3.8) is 0 Å². The number of hydrogen-bond donors (Lipinski definition) is 2. The zero-order valence-electron chi connectivity index (χ0n) is 10.4. The van der Waals surface area contributed by atoms with E-state index in [1.165, 1.54) is 5.69 Å². The predicted molar refractivity (Wildman–Crippen MR) is 69.3 cm³/mol. The Kier molecular flexibility index (Phi) is 5.49. The molecular weight excluding hydrogens is 216 g/mol. The van der Waals surface area contributed by atoms with Gasteiger partial charge in [-0.3, -0.25) is 4.79 Å². The third-order valence-electron chi connectivity index (χ3n) is 2.67. The number of rotatable bonds is 7. The number of carboxylic acids is 1. The number of nitrogens with one attached hydrogen (secondary N) is 1. The van der Waals surface area contributed by atoms with Crippen molar-refractivity contribution < 1.29 is 9.90 Å². The van der Waals surface area contributed by atoms with Gasteiger partial charge in [0.1, 0.15) is 0 Å². The highest BCUT2D eigenvalue weighted by Gasteiger charge is 2.01. The molecule has 0 radical (unpaired) electrons. The van der Waals surface area contributed by atoms with E-state index in [9.17, 15) is 4.79 Å². The lowest BCUT2D eigenvalue weighted by Crippen LogP contribution is -2.23. The Morgan fingerprint density at radius 1 is 1.24 bits per heavy atom. The fourth-order valence-electron chi connectivity index (χ4n) is 1.73. The van der Waals surface area contributed by atoms with E-state index < -0.39 is 5.97 Å². The molecule has 4 heteroatoms. The molecule has 1 aromatic rings. The normalized spacial score (nSPS) is 10.2. The van der Waals surface area contributed by atoms with Crippen LogP contribution >= 0.6 is 0 Å². The van der Waals surface area contributed by atoms with Crippen molar-refractivity contribution in [2.24, 2.45) is 0 Å². The second-order valence-corrected chi connectivity index (χ2v) is 3.84. The molecule has 0 fully saturated rings. The lowest BCUT2D eigenvalue weighted by Gasteiger charge is -2.21. The van der Waals surface area contributed by atoms with Crippen LogP contribution in [-0.2, 0) is 11.3 Å². The van der Waals surface area contributed by atoms with E-state index in [4.69, 9.17) is 5.11 Å². The van der Waals surface area contributed by atoms with Gasteiger partial charge in [0.25, 0.3) is 0 Å². The summed E-state index contributed by atoms with van der Waals surface area (Å²) < 4.78 is 0. The lowest BCUT2D eigenvalue weighted by atomic mass is 10.2. The van der Waals surface area contributed by atoms with Gasteiger partial charge in [-0.25, -0.2) is 0 Å². The molecule has 0 aromatic heterocycles. The molecule has 0 aliphatic carbocycles. The van der Waals surface area contributed by atoms with E-state index in [0.717, 1.165) is 18.7 Å². The number of carboxylic acid groups (broad SMARTS) is 1. The summed E-state index contributed by atoms with van der Waals surface area (Å²) in [7, 11) is 0. The summed E-state index contributed by atoms with van der Waals surface area (Å²) >= 11 is 0. The van der Waals surface area contributed by atoms with E-state index in [-0.39, 0.29) is 6.54 Å². The topological polar surface area (TPSA) is 52.6 Å². The number of benzene rings is 1. The molecule has 1 rings (SSSR count). The van der Waals surface area contributed by atoms with Crippen molar-refractivity contribution in [2.75, 3.05) is 24.5 Å². The Morgan fingerprint density at radius 3 is 2.29 bits per heavy atom. The summed E-state index contributed by atoms with van der Waals surface area (Å²) in [5, 5.41) is 11.4. The summed E-state index contributed by atoms with van der Waals surface area (Å²) in [5.74, 6) is -0.829. The highest BCUT2D eigenvalue weighted by molar-refractivity contribution is 5.69. The first kappa shape index (κ1) is 13.5. The van der Waals surface area contributed by atoms with Gasteiger partial charge in [-0.1, -0.05) is 12.1 Å². The van der Waals surface area contributed by atoms with Crippen LogP contribution in [-0.4, -0.2) is 30.7 Å². The van der Waals surface area contributed by atoms with Crippen molar-refractivity contribution in [3.8, 4) is 0 Å². The Bertz CT molecular complexity index is 345. The van der Waals surface area contributed by atoms with Gasteiger partial charge < -0.3 is 15.3 Å². The van der Waals surface area contributed by atoms with E-state index >= 15 is 0 Å². The zero-order valence-corrected chi connectivity index (χ0v) is 10.4. The highest BCUT2D eigenvalue weighted by atomic mass is 16.4. The first-order chi connectivity index (χ1) is 8.17. The van der Waals surface area contributed by atoms with Gasteiger partial charge in [-0.05, 0) is 31.5 Å². The summed E-state index contributed by atoms with van der Waals surface area (Å²) in [5.41, 5.74) is 2.30. The zero-order chi connectivity index (χ0) is 12.7. The molecule has 0 amide bonds. The van der Waals surface area contributed by atoms with Crippen molar-refractivity contribution in [1.29, 1.82) is 0 Å². The van der Waals surface area contributed by atoms with Crippen molar-refractivity contribution in [3.05, 3.63) is 29.8 Å². The number of hydrogen-bond acceptors (Lipinski definition) is 3. The molecular formula is C13H20N2O2. The molecule has 0 heterocycles.